The van der Waals surface area contributed by atoms with E-state index in [9.17, 15) is 9.18 Å². The summed E-state index contributed by atoms with van der Waals surface area (Å²) in [6, 6.07) is 5.39. The molecule has 0 radical (unpaired) electrons. The highest BCUT2D eigenvalue weighted by Crippen LogP contribution is 2.30. The van der Waals surface area contributed by atoms with Crippen LogP contribution in [0.25, 0.3) is 10.6 Å². The number of hydrogen-bond acceptors (Lipinski definition) is 7. The largest absolute Gasteiger partial charge is 0.389 e. The molecule has 1 aliphatic rings. The number of carbonyl (C=O) groups excluding carboxylic acids is 1. The van der Waals surface area contributed by atoms with Gasteiger partial charge in [0.05, 0.1) is 0 Å². The number of thiazole rings is 1. The summed E-state index contributed by atoms with van der Waals surface area (Å²) in [5.41, 5.74) is 12.7. The van der Waals surface area contributed by atoms with Gasteiger partial charge in [-0.1, -0.05) is 23.5 Å². The fourth-order valence-corrected chi connectivity index (χ4v) is 4.28. The van der Waals surface area contributed by atoms with Crippen LogP contribution in [0.1, 0.15) is 29.8 Å². The number of carbonyl (C=O) groups is 1. The normalized spacial score (nSPS) is 18.6. The smallest absolute Gasteiger partial charge is 0.273 e. The summed E-state index contributed by atoms with van der Waals surface area (Å²) in [7, 11) is 1.64. The van der Waals surface area contributed by atoms with Gasteiger partial charge in [-0.2, -0.15) is 0 Å². The zero-order valence-electron chi connectivity index (χ0n) is 16.8. The van der Waals surface area contributed by atoms with Crippen molar-refractivity contribution >= 4 is 34.3 Å². The number of nitrogens with one attached hydrogen (secondary N) is 2. The summed E-state index contributed by atoms with van der Waals surface area (Å²) in [6.45, 7) is 1.49. The van der Waals surface area contributed by atoms with Gasteiger partial charge < -0.3 is 27.1 Å². The summed E-state index contributed by atoms with van der Waals surface area (Å²) in [4.78, 5) is 23.5. The molecule has 0 saturated carbocycles. The number of aromatic nitrogens is 1. The topological polar surface area (TPSA) is 133 Å². The van der Waals surface area contributed by atoms with Crippen LogP contribution < -0.4 is 16.8 Å². The SMILES string of the molecule is CN=C(C(C=N)NC(=O)c1nc(-c2cccc(F)c2)sc1N)N1CCCC(N)CC1. The lowest BCUT2D eigenvalue weighted by atomic mass is 10.1. The van der Waals surface area contributed by atoms with Crippen LogP contribution in [-0.2, 0) is 0 Å². The van der Waals surface area contributed by atoms with Crippen LogP contribution in [0, 0.1) is 11.2 Å². The van der Waals surface area contributed by atoms with Crippen LogP contribution in [0.3, 0.4) is 0 Å². The van der Waals surface area contributed by atoms with Crippen molar-refractivity contribution in [3.05, 3.63) is 35.8 Å². The molecule has 1 aliphatic heterocycles. The monoisotopic (exact) mass is 431 g/mol. The fraction of sp³-hybridized carbons (Fsp3) is 0.400. The molecule has 10 heteroatoms. The van der Waals surface area contributed by atoms with Crippen molar-refractivity contribution in [1.29, 1.82) is 5.41 Å². The molecular formula is C20H26FN7OS. The predicted octanol–water partition coefficient (Wildman–Crippen LogP) is 2.12. The molecule has 1 aromatic carbocycles. The Morgan fingerprint density at radius 1 is 1.47 bits per heavy atom. The first kappa shape index (κ1) is 21.8. The van der Waals surface area contributed by atoms with Crippen LogP contribution in [0.5, 0.6) is 0 Å². The van der Waals surface area contributed by atoms with E-state index < -0.39 is 17.8 Å². The highest BCUT2D eigenvalue weighted by atomic mass is 32.1. The maximum atomic E-state index is 13.5. The molecule has 0 spiro atoms. The number of nitrogens with two attached hydrogens (primary N) is 2. The predicted molar refractivity (Wildman–Crippen MR) is 119 cm³/mol. The Balaban J connectivity index is 1.77. The van der Waals surface area contributed by atoms with Crippen molar-refractivity contribution in [2.24, 2.45) is 10.7 Å². The number of rotatable bonds is 5. The van der Waals surface area contributed by atoms with Crippen molar-refractivity contribution in [1.82, 2.24) is 15.2 Å². The van der Waals surface area contributed by atoms with E-state index in [1.54, 1.807) is 19.2 Å². The van der Waals surface area contributed by atoms with Crippen molar-refractivity contribution in [2.45, 2.75) is 31.3 Å². The lowest BCUT2D eigenvalue weighted by molar-refractivity contribution is 0.0949. The molecule has 1 saturated heterocycles. The fourth-order valence-electron chi connectivity index (χ4n) is 3.46. The Morgan fingerprint density at radius 3 is 2.97 bits per heavy atom. The molecule has 0 aliphatic carbocycles. The second kappa shape index (κ2) is 9.77. The third-order valence-electron chi connectivity index (χ3n) is 5.00. The standard InChI is InChI=1S/C20H26FN7OS/c1-25-18(28-8-3-6-14(23)7-9-28)15(11-22)26-19(29)16-17(24)30-20(27-16)12-4-2-5-13(21)10-12/h2,4-5,10-11,14-15,22H,3,6-9,23-24H2,1H3,(H,26,29). The van der Waals surface area contributed by atoms with Gasteiger partial charge in [0.1, 0.15) is 27.7 Å². The van der Waals surface area contributed by atoms with E-state index in [0.29, 0.717) is 16.4 Å². The maximum absolute atomic E-state index is 13.5. The van der Waals surface area contributed by atoms with Crippen LogP contribution in [-0.4, -0.2) is 60.1 Å². The number of nitrogens with zero attached hydrogens (tertiary/aromatic N) is 3. The van der Waals surface area contributed by atoms with Gasteiger partial charge >= 0.3 is 0 Å². The van der Waals surface area contributed by atoms with Gasteiger partial charge in [0.25, 0.3) is 5.91 Å². The van der Waals surface area contributed by atoms with E-state index in [2.05, 4.69) is 20.2 Å². The van der Waals surface area contributed by atoms with Gasteiger partial charge in [0.2, 0.25) is 0 Å². The quantitative estimate of drug-likeness (QED) is 0.425. The number of amides is 1. The van der Waals surface area contributed by atoms with E-state index in [0.717, 1.165) is 49.9 Å². The van der Waals surface area contributed by atoms with Gasteiger partial charge in [-0.3, -0.25) is 9.79 Å². The van der Waals surface area contributed by atoms with E-state index in [4.69, 9.17) is 16.9 Å². The minimum absolute atomic E-state index is 0.0550. The second-order valence-corrected chi connectivity index (χ2v) is 8.15. The van der Waals surface area contributed by atoms with Crippen LogP contribution in [0.4, 0.5) is 9.39 Å². The molecule has 0 bridgehead atoms. The molecule has 1 fully saturated rings. The summed E-state index contributed by atoms with van der Waals surface area (Å²) >= 11 is 1.11. The third-order valence-corrected chi connectivity index (χ3v) is 5.93. The Hall–Kier alpha value is -2.85. The molecular weight excluding hydrogens is 405 g/mol. The molecule has 3 rings (SSSR count). The van der Waals surface area contributed by atoms with Gasteiger partial charge in [-0.05, 0) is 31.4 Å². The molecule has 2 atom stereocenters. The number of benzene rings is 1. The third kappa shape index (κ3) is 5.00. The number of anilines is 1. The molecule has 6 N–H and O–H groups in total. The van der Waals surface area contributed by atoms with Crippen molar-refractivity contribution in [3.63, 3.8) is 0 Å². The number of aliphatic imine (C=N–C) groups is 1. The Bertz CT molecular complexity index is 945. The first-order valence-electron chi connectivity index (χ1n) is 9.73. The second-order valence-electron chi connectivity index (χ2n) is 7.12. The van der Waals surface area contributed by atoms with Gasteiger partial charge in [0, 0.05) is 38.0 Å². The van der Waals surface area contributed by atoms with Gasteiger partial charge in [-0.15, -0.1) is 0 Å². The molecule has 2 heterocycles. The summed E-state index contributed by atoms with van der Waals surface area (Å²) in [5.74, 6) is -0.295. The summed E-state index contributed by atoms with van der Waals surface area (Å²) in [5, 5.41) is 11.3. The van der Waals surface area contributed by atoms with Gasteiger partial charge in [-0.25, -0.2) is 9.37 Å². The van der Waals surface area contributed by atoms with Crippen molar-refractivity contribution in [2.75, 3.05) is 25.9 Å². The number of hydrogen-bond donors (Lipinski definition) is 4. The van der Waals surface area contributed by atoms with E-state index in [1.807, 2.05) is 0 Å². The zero-order chi connectivity index (χ0) is 21.7. The Kier molecular flexibility index (Phi) is 7.11. The van der Waals surface area contributed by atoms with Crippen molar-refractivity contribution < 1.29 is 9.18 Å². The molecule has 2 unspecified atom stereocenters. The highest BCUT2D eigenvalue weighted by molar-refractivity contribution is 7.19. The molecule has 2 aromatic rings. The first-order valence-corrected chi connectivity index (χ1v) is 10.6. The molecule has 160 valence electrons. The minimum atomic E-state index is -0.712. The van der Waals surface area contributed by atoms with Crippen LogP contribution >= 0.6 is 11.3 Å². The Labute approximate surface area is 178 Å². The van der Waals surface area contributed by atoms with Gasteiger partial charge in [0.15, 0.2) is 5.69 Å². The average Bonchev–Trinajstić information content (AvgIpc) is 3.00. The van der Waals surface area contributed by atoms with E-state index >= 15 is 0 Å². The number of halogens is 1. The zero-order valence-corrected chi connectivity index (χ0v) is 17.6. The van der Waals surface area contributed by atoms with Crippen molar-refractivity contribution in [3.8, 4) is 10.6 Å². The lowest BCUT2D eigenvalue weighted by Gasteiger charge is -2.28. The molecule has 1 aromatic heterocycles. The summed E-state index contributed by atoms with van der Waals surface area (Å²) < 4.78 is 13.5. The number of likely N-dealkylation sites (tertiary alicyclic amines) is 1. The highest BCUT2D eigenvalue weighted by Gasteiger charge is 2.26. The lowest BCUT2D eigenvalue weighted by Crippen LogP contribution is -2.50. The Morgan fingerprint density at radius 2 is 2.27 bits per heavy atom. The molecule has 1 amide bonds. The number of nitrogen functional groups attached to an aromatic ring is 1. The maximum Gasteiger partial charge on any atom is 0.273 e. The van der Waals surface area contributed by atoms with Crippen LogP contribution in [0.2, 0.25) is 0 Å². The number of amidine groups is 1. The van der Waals surface area contributed by atoms with Crippen LogP contribution in [0.15, 0.2) is 29.3 Å². The minimum Gasteiger partial charge on any atom is -0.389 e. The average molecular weight is 432 g/mol. The first-order chi connectivity index (χ1) is 14.4. The molecule has 8 nitrogen and oxygen atoms in total. The molecule has 30 heavy (non-hydrogen) atoms. The van der Waals surface area contributed by atoms with E-state index in [1.165, 1.54) is 12.1 Å². The summed E-state index contributed by atoms with van der Waals surface area (Å²) in [6.07, 6.45) is 3.83. The van der Waals surface area contributed by atoms with E-state index in [-0.39, 0.29) is 16.7 Å².